The van der Waals surface area contributed by atoms with E-state index in [0.717, 1.165) is 21.9 Å². The van der Waals surface area contributed by atoms with Crippen LogP contribution in [-0.4, -0.2) is 48.9 Å². The highest BCUT2D eigenvalue weighted by Crippen LogP contribution is 2.26. The first kappa shape index (κ1) is 17.2. The van der Waals surface area contributed by atoms with Crippen LogP contribution in [0.1, 0.15) is 33.6 Å². The van der Waals surface area contributed by atoms with Gasteiger partial charge in [-0.1, -0.05) is 0 Å². The van der Waals surface area contributed by atoms with Gasteiger partial charge in [-0.2, -0.15) is 5.10 Å². The van der Waals surface area contributed by atoms with Gasteiger partial charge in [-0.25, -0.2) is 19.4 Å². The second kappa shape index (κ2) is 6.34. The van der Waals surface area contributed by atoms with Crippen LogP contribution in [-0.2, 0) is 11.3 Å². The van der Waals surface area contributed by atoms with Gasteiger partial charge in [0.2, 0.25) is 0 Å². The number of amides is 1. The molecule has 2 N–H and O–H groups in total. The van der Waals surface area contributed by atoms with Crippen molar-refractivity contribution in [3.8, 4) is 0 Å². The van der Waals surface area contributed by atoms with Gasteiger partial charge >= 0.3 is 6.09 Å². The zero-order valence-corrected chi connectivity index (χ0v) is 16.1. The van der Waals surface area contributed by atoms with Crippen LogP contribution < -0.4 is 5.73 Å². The van der Waals surface area contributed by atoms with Crippen molar-refractivity contribution in [2.24, 2.45) is 0 Å². The van der Waals surface area contributed by atoms with Crippen LogP contribution in [0.15, 0.2) is 6.33 Å². The maximum absolute atomic E-state index is 12.4. The van der Waals surface area contributed by atoms with E-state index in [1.54, 1.807) is 4.90 Å². The fourth-order valence-corrected chi connectivity index (χ4v) is 3.68. The summed E-state index contributed by atoms with van der Waals surface area (Å²) >= 11 is 2.13. The highest BCUT2D eigenvalue weighted by atomic mass is 127. The first-order valence-corrected chi connectivity index (χ1v) is 8.96. The van der Waals surface area contributed by atoms with Crippen molar-refractivity contribution in [1.29, 1.82) is 0 Å². The Labute approximate surface area is 153 Å². The summed E-state index contributed by atoms with van der Waals surface area (Å²) in [6, 6.07) is 0.0370. The molecule has 1 aliphatic rings. The molecule has 9 heteroatoms. The van der Waals surface area contributed by atoms with Crippen LogP contribution in [0.25, 0.3) is 11.0 Å². The third kappa shape index (κ3) is 3.40. The highest BCUT2D eigenvalue weighted by molar-refractivity contribution is 14.1. The first-order chi connectivity index (χ1) is 11.3. The molecule has 1 amide bonds. The second-order valence-electron chi connectivity index (χ2n) is 6.90. The van der Waals surface area contributed by atoms with Gasteiger partial charge in [-0.3, -0.25) is 0 Å². The van der Waals surface area contributed by atoms with Crippen molar-refractivity contribution in [2.75, 3.05) is 12.3 Å². The summed E-state index contributed by atoms with van der Waals surface area (Å²) in [5.41, 5.74) is 6.13. The van der Waals surface area contributed by atoms with Gasteiger partial charge in [-0.05, 0) is 56.2 Å². The lowest BCUT2D eigenvalue weighted by Gasteiger charge is -2.28. The molecule has 2 aromatic heterocycles. The summed E-state index contributed by atoms with van der Waals surface area (Å²) in [4.78, 5) is 22.5. The minimum atomic E-state index is -0.500. The van der Waals surface area contributed by atoms with Crippen molar-refractivity contribution in [1.82, 2.24) is 24.6 Å². The van der Waals surface area contributed by atoms with E-state index >= 15 is 0 Å². The minimum absolute atomic E-state index is 0.0370. The molecule has 0 bridgehead atoms. The number of hydrogen-bond acceptors (Lipinski definition) is 6. The Balaban J connectivity index is 1.83. The Morgan fingerprint density at radius 3 is 2.92 bits per heavy atom. The van der Waals surface area contributed by atoms with Gasteiger partial charge in [0.1, 0.15) is 21.4 Å². The Morgan fingerprint density at radius 1 is 1.46 bits per heavy atom. The summed E-state index contributed by atoms with van der Waals surface area (Å²) in [6.07, 6.45) is 3.03. The summed E-state index contributed by atoms with van der Waals surface area (Å²) in [7, 11) is 0. The normalized spacial score (nSPS) is 18.3. The monoisotopic (exact) mass is 444 g/mol. The van der Waals surface area contributed by atoms with Gasteiger partial charge in [0, 0.05) is 6.54 Å². The van der Waals surface area contributed by atoms with Gasteiger partial charge in [0.25, 0.3) is 0 Å². The molecule has 0 saturated carbocycles. The number of nitrogen functional groups attached to an aromatic ring is 1. The standard InChI is InChI=1S/C15H21IN6O2/c1-15(2,3)24-14(23)21-6-4-5-9(21)7-22-13-10(11(16)20-22)12(17)18-8-19-13/h8-9H,4-7H2,1-3H3,(H2,17,18,19)/t9-/m0/s1. The predicted octanol–water partition coefficient (Wildman–Crippen LogP) is 2.41. The topological polar surface area (TPSA) is 99.2 Å². The highest BCUT2D eigenvalue weighted by Gasteiger charge is 2.33. The number of aromatic nitrogens is 4. The molecular formula is C15H21IN6O2. The quantitative estimate of drug-likeness (QED) is 0.715. The smallest absolute Gasteiger partial charge is 0.410 e. The Bertz CT molecular complexity index is 769. The number of carbonyl (C=O) groups excluding carboxylic acids is 1. The average molecular weight is 444 g/mol. The number of likely N-dealkylation sites (tertiary alicyclic amines) is 1. The summed E-state index contributed by atoms with van der Waals surface area (Å²) in [5.74, 6) is 0.422. The van der Waals surface area contributed by atoms with E-state index in [1.807, 2.05) is 25.5 Å². The fourth-order valence-electron chi connectivity index (χ4n) is 2.90. The van der Waals surface area contributed by atoms with Crippen molar-refractivity contribution in [2.45, 2.75) is 51.8 Å². The average Bonchev–Trinajstić information content (AvgIpc) is 3.04. The molecule has 0 aromatic carbocycles. The number of ether oxygens (including phenoxy) is 1. The molecule has 24 heavy (non-hydrogen) atoms. The van der Waals surface area contributed by atoms with Gasteiger partial charge in [0.15, 0.2) is 5.65 Å². The lowest BCUT2D eigenvalue weighted by molar-refractivity contribution is 0.0212. The Morgan fingerprint density at radius 2 is 2.21 bits per heavy atom. The molecule has 3 heterocycles. The lowest BCUT2D eigenvalue weighted by Crippen LogP contribution is -2.41. The maximum atomic E-state index is 12.4. The predicted molar refractivity (Wildman–Crippen MR) is 98.4 cm³/mol. The summed E-state index contributed by atoms with van der Waals surface area (Å²) < 4.78 is 8.09. The zero-order valence-electron chi connectivity index (χ0n) is 14.0. The van der Waals surface area contributed by atoms with E-state index in [0.29, 0.717) is 24.6 Å². The third-order valence-corrected chi connectivity index (χ3v) is 4.66. The van der Waals surface area contributed by atoms with Gasteiger partial charge in [0.05, 0.1) is 18.0 Å². The first-order valence-electron chi connectivity index (χ1n) is 7.88. The molecule has 1 fully saturated rings. The summed E-state index contributed by atoms with van der Waals surface area (Å²) in [5, 5.41) is 5.29. The van der Waals surface area contributed by atoms with Crippen LogP contribution in [0.2, 0.25) is 0 Å². The third-order valence-electron chi connectivity index (χ3n) is 3.90. The number of anilines is 1. The van der Waals surface area contributed by atoms with Crippen LogP contribution in [0, 0.1) is 3.70 Å². The number of nitrogens with two attached hydrogens (primary N) is 1. The minimum Gasteiger partial charge on any atom is -0.444 e. The van der Waals surface area contributed by atoms with Crippen molar-refractivity contribution in [3.05, 3.63) is 10.0 Å². The van der Waals surface area contributed by atoms with E-state index in [2.05, 4.69) is 37.7 Å². The molecule has 1 saturated heterocycles. The largest absolute Gasteiger partial charge is 0.444 e. The molecular weight excluding hydrogens is 423 g/mol. The number of nitrogens with zero attached hydrogens (tertiary/aromatic N) is 5. The number of halogens is 1. The van der Waals surface area contributed by atoms with Gasteiger partial charge in [-0.15, -0.1) is 0 Å². The Kier molecular flexibility index (Phi) is 4.54. The zero-order chi connectivity index (χ0) is 17.5. The number of fused-ring (bicyclic) bond motifs is 1. The molecule has 130 valence electrons. The molecule has 1 atom stereocenters. The van der Waals surface area contributed by atoms with Gasteiger partial charge < -0.3 is 15.4 Å². The second-order valence-corrected chi connectivity index (χ2v) is 7.92. The van der Waals surface area contributed by atoms with Crippen molar-refractivity contribution in [3.63, 3.8) is 0 Å². The molecule has 2 aromatic rings. The van der Waals surface area contributed by atoms with E-state index in [-0.39, 0.29) is 12.1 Å². The number of rotatable bonds is 2. The fraction of sp³-hybridized carbons (Fsp3) is 0.600. The number of carbonyl (C=O) groups is 1. The molecule has 0 radical (unpaired) electrons. The lowest BCUT2D eigenvalue weighted by atomic mass is 10.2. The van der Waals surface area contributed by atoms with Crippen LogP contribution in [0.3, 0.4) is 0 Å². The van der Waals surface area contributed by atoms with Crippen LogP contribution in [0.4, 0.5) is 10.6 Å². The molecule has 0 spiro atoms. The summed E-state index contributed by atoms with van der Waals surface area (Å²) in [6.45, 7) is 6.89. The molecule has 1 aliphatic heterocycles. The molecule has 0 unspecified atom stereocenters. The maximum Gasteiger partial charge on any atom is 0.410 e. The van der Waals surface area contributed by atoms with E-state index in [1.165, 1.54) is 6.33 Å². The molecule has 3 rings (SSSR count). The molecule has 8 nitrogen and oxygen atoms in total. The number of hydrogen-bond donors (Lipinski definition) is 1. The van der Waals surface area contributed by atoms with Crippen molar-refractivity contribution >= 4 is 45.5 Å². The van der Waals surface area contributed by atoms with Crippen LogP contribution in [0.5, 0.6) is 0 Å². The van der Waals surface area contributed by atoms with E-state index in [9.17, 15) is 4.79 Å². The van der Waals surface area contributed by atoms with Crippen molar-refractivity contribution < 1.29 is 9.53 Å². The van der Waals surface area contributed by atoms with E-state index < -0.39 is 5.60 Å². The molecule has 0 aliphatic carbocycles. The Hall–Kier alpha value is -1.65. The SMILES string of the molecule is CC(C)(C)OC(=O)N1CCC[C@H]1Cn1nc(I)c2c(N)ncnc21. The van der Waals surface area contributed by atoms with Crippen LogP contribution >= 0.6 is 22.6 Å². The van der Waals surface area contributed by atoms with E-state index in [4.69, 9.17) is 10.5 Å².